The summed E-state index contributed by atoms with van der Waals surface area (Å²) in [7, 11) is -1.81. The zero-order valence-corrected chi connectivity index (χ0v) is 27.7. The third-order valence-corrected chi connectivity index (χ3v) is 13.2. The number of carbonyl (C=O) groups excluding carboxylic acids is 2. The monoisotopic (exact) mass is 654 g/mol. The van der Waals surface area contributed by atoms with Crippen molar-refractivity contribution in [2.45, 2.75) is 73.5 Å². The predicted molar refractivity (Wildman–Crippen MR) is 175 cm³/mol. The van der Waals surface area contributed by atoms with Gasteiger partial charge in [0.05, 0.1) is 17.3 Å². The number of benzene rings is 2. The maximum atomic E-state index is 14.8. The summed E-state index contributed by atoms with van der Waals surface area (Å²) in [6.07, 6.45) is 5.51. The van der Waals surface area contributed by atoms with Crippen molar-refractivity contribution in [2.75, 3.05) is 51.3 Å². The molecular weight excluding hydrogens is 607 g/mol. The van der Waals surface area contributed by atoms with E-state index in [1.807, 2.05) is 18.2 Å². The molecule has 2 aliphatic carbocycles. The van der Waals surface area contributed by atoms with Crippen LogP contribution in [0, 0.1) is 23.6 Å². The number of nitrogens with zero attached hydrogens (tertiary/aromatic N) is 2. The van der Waals surface area contributed by atoms with E-state index < -0.39 is 21.3 Å². The lowest BCUT2D eigenvalue weighted by atomic mass is 9.58. The van der Waals surface area contributed by atoms with Gasteiger partial charge in [-0.3, -0.25) is 4.79 Å². The molecule has 2 saturated heterocycles. The summed E-state index contributed by atoms with van der Waals surface area (Å²) >= 11 is 0. The predicted octanol–water partition coefficient (Wildman–Crippen LogP) is 4.51. The minimum Gasteiger partial charge on any atom is -0.453 e. The Kier molecular flexibility index (Phi) is 9.62. The number of alkyl carbamates (subject to hydrolysis) is 1. The number of hydrogen-bond acceptors (Lipinski definition) is 7. The van der Waals surface area contributed by atoms with E-state index in [1.54, 1.807) is 24.3 Å². The van der Waals surface area contributed by atoms with Crippen molar-refractivity contribution in [1.82, 2.24) is 15.5 Å². The van der Waals surface area contributed by atoms with Gasteiger partial charge in [0, 0.05) is 56.2 Å². The fraction of sp³-hybridized carbons (Fsp3) is 0.600. The van der Waals surface area contributed by atoms with Crippen LogP contribution in [0.4, 0.5) is 14.9 Å². The molecule has 0 spiro atoms. The number of carbonyl (C=O) groups is 2. The first-order valence-electron chi connectivity index (χ1n) is 16.8. The van der Waals surface area contributed by atoms with Gasteiger partial charge in [-0.1, -0.05) is 18.6 Å². The Bertz CT molecular complexity index is 1500. The molecule has 2 saturated carbocycles. The molecule has 2 N–H and O–H groups in total. The van der Waals surface area contributed by atoms with E-state index in [2.05, 4.69) is 20.4 Å². The Morgan fingerprint density at radius 1 is 1.00 bits per heavy atom. The molecule has 2 heterocycles. The molecule has 46 heavy (non-hydrogen) atoms. The average molecular weight is 655 g/mol. The van der Waals surface area contributed by atoms with Gasteiger partial charge in [-0.05, 0) is 105 Å². The summed E-state index contributed by atoms with van der Waals surface area (Å²) in [5.74, 6) is 0.310. The number of piperidine rings is 1. The van der Waals surface area contributed by atoms with Crippen molar-refractivity contribution in [2.24, 2.45) is 17.8 Å². The number of methoxy groups -OCH3 is 1. The van der Waals surface area contributed by atoms with Crippen LogP contribution in [0.2, 0.25) is 0 Å². The van der Waals surface area contributed by atoms with Crippen molar-refractivity contribution >= 4 is 27.5 Å². The van der Waals surface area contributed by atoms with E-state index in [4.69, 9.17) is 4.74 Å². The highest BCUT2D eigenvalue weighted by Gasteiger charge is 2.52. The Hall–Kier alpha value is -3.18. The lowest BCUT2D eigenvalue weighted by molar-refractivity contribution is -0.119. The van der Waals surface area contributed by atoms with Crippen LogP contribution in [0.1, 0.15) is 57.4 Å². The highest BCUT2D eigenvalue weighted by atomic mass is 32.2. The van der Waals surface area contributed by atoms with Gasteiger partial charge in [0.2, 0.25) is 5.91 Å². The zero-order valence-electron chi connectivity index (χ0n) is 26.9. The number of sulfone groups is 1. The molecule has 6 rings (SSSR count). The Balaban J connectivity index is 1.13. The van der Waals surface area contributed by atoms with Gasteiger partial charge in [0.1, 0.15) is 5.82 Å². The molecule has 2 aromatic rings. The van der Waals surface area contributed by atoms with Gasteiger partial charge in [0.25, 0.3) is 0 Å². The van der Waals surface area contributed by atoms with E-state index in [0.29, 0.717) is 17.4 Å². The number of hydrogen-bond donors (Lipinski definition) is 2. The third-order valence-electron chi connectivity index (χ3n) is 10.9. The normalized spacial score (nSPS) is 24.2. The summed E-state index contributed by atoms with van der Waals surface area (Å²) in [6.45, 7) is 6.59. The molecule has 0 bridgehead atoms. The van der Waals surface area contributed by atoms with Gasteiger partial charge in [-0.25, -0.2) is 17.6 Å². The molecule has 0 radical (unpaired) electrons. The molecule has 2 amide bonds. The van der Waals surface area contributed by atoms with E-state index in [-0.39, 0.29) is 34.9 Å². The van der Waals surface area contributed by atoms with Gasteiger partial charge < -0.3 is 25.2 Å². The first kappa shape index (κ1) is 32.7. The lowest BCUT2D eigenvalue weighted by Gasteiger charge is -2.51. The second kappa shape index (κ2) is 13.5. The quantitative estimate of drug-likeness (QED) is 0.367. The van der Waals surface area contributed by atoms with Gasteiger partial charge in [0.15, 0.2) is 9.84 Å². The second-order valence-corrected chi connectivity index (χ2v) is 16.1. The smallest absolute Gasteiger partial charge is 0.407 e. The molecule has 3 atom stereocenters. The first-order chi connectivity index (χ1) is 22.1. The first-order valence-corrected chi connectivity index (χ1v) is 18.3. The van der Waals surface area contributed by atoms with Crippen LogP contribution in [0.15, 0.2) is 53.4 Å². The van der Waals surface area contributed by atoms with E-state index in [1.165, 1.54) is 20.1 Å². The summed E-state index contributed by atoms with van der Waals surface area (Å²) in [5, 5.41) is 5.98. The molecule has 2 aromatic carbocycles. The maximum Gasteiger partial charge on any atom is 0.407 e. The third kappa shape index (κ3) is 6.76. The zero-order chi connectivity index (χ0) is 32.5. The summed E-state index contributed by atoms with van der Waals surface area (Å²) in [5.41, 5.74) is 1.40. The number of anilines is 1. The number of amides is 2. The van der Waals surface area contributed by atoms with E-state index in [9.17, 15) is 22.4 Å². The minimum absolute atomic E-state index is 0.0163. The molecule has 0 unspecified atom stereocenters. The van der Waals surface area contributed by atoms with Crippen molar-refractivity contribution < 1.29 is 27.1 Å². The maximum absolute atomic E-state index is 14.8. The molecule has 9 nitrogen and oxygen atoms in total. The van der Waals surface area contributed by atoms with Crippen LogP contribution in [-0.4, -0.2) is 83.0 Å². The fourth-order valence-electron chi connectivity index (χ4n) is 8.45. The van der Waals surface area contributed by atoms with E-state index in [0.717, 1.165) is 88.9 Å². The standard InChI is InChI=1S/C35H47FN4O5S/c1-24(41)37-23-35(27-5-3-6-28(36)19-27,32-7-4-8-33(32)38-34(42)45-2)26-15-17-39(18-16-26)20-25-21-40(22-25)29-9-11-30(12-10-29)46(43,44)31-13-14-31/h3,5-6,9-12,19,25-26,31-33H,4,7-8,13-18,20-23H2,1-2H3,(H,37,41)(H,38,42)/t32-,33-,35-/m0/s1. The molecular formula is C35H47FN4O5S. The SMILES string of the molecule is COC(=O)N[C@H]1CCC[C@@H]1[C@](CNC(C)=O)(c1cccc(F)c1)C1CCN(CC2CN(c3ccc(S(=O)(=O)C4CC4)cc3)C2)CC1. The summed E-state index contributed by atoms with van der Waals surface area (Å²) < 4.78 is 44.9. The van der Waals surface area contributed by atoms with Crippen molar-refractivity contribution in [3.8, 4) is 0 Å². The van der Waals surface area contributed by atoms with Crippen molar-refractivity contribution in [3.05, 3.63) is 59.9 Å². The van der Waals surface area contributed by atoms with Gasteiger partial charge in [-0.15, -0.1) is 0 Å². The van der Waals surface area contributed by atoms with E-state index >= 15 is 0 Å². The number of rotatable bonds is 11. The number of halogens is 1. The molecule has 250 valence electrons. The number of likely N-dealkylation sites (tertiary alicyclic amines) is 1. The van der Waals surface area contributed by atoms with Crippen LogP contribution in [-0.2, 0) is 24.8 Å². The Morgan fingerprint density at radius 3 is 2.35 bits per heavy atom. The summed E-state index contributed by atoms with van der Waals surface area (Å²) in [6, 6.07) is 14.1. The van der Waals surface area contributed by atoms with Crippen LogP contribution in [0.3, 0.4) is 0 Å². The molecule has 2 aliphatic heterocycles. The fourth-order valence-corrected chi connectivity index (χ4v) is 10.1. The summed E-state index contributed by atoms with van der Waals surface area (Å²) in [4.78, 5) is 29.9. The number of nitrogens with one attached hydrogen (secondary N) is 2. The second-order valence-electron chi connectivity index (χ2n) is 13.8. The van der Waals surface area contributed by atoms with Crippen LogP contribution in [0.5, 0.6) is 0 Å². The molecule has 11 heteroatoms. The molecule has 0 aromatic heterocycles. The lowest BCUT2D eigenvalue weighted by Crippen LogP contribution is -2.58. The molecule has 4 aliphatic rings. The average Bonchev–Trinajstić information content (AvgIpc) is 3.80. The Morgan fingerprint density at radius 2 is 1.72 bits per heavy atom. The van der Waals surface area contributed by atoms with Crippen LogP contribution in [0.25, 0.3) is 0 Å². The van der Waals surface area contributed by atoms with Crippen molar-refractivity contribution in [3.63, 3.8) is 0 Å². The topological polar surface area (TPSA) is 108 Å². The van der Waals surface area contributed by atoms with Crippen LogP contribution >= 0.6 is 0 Å². The van der Waals surface area contributed by atoms with Gasteiger partial charge >= 0.3 is 6.09 Å². The minimum atomic E-state index is -3.17. The highest BCUT2D eigenvalue weighted by molar-refractivity contribution is 7.92. The highest BCUT2D eigenvalue weighted by Crippen LogP contribution is 2.50. The molecule has 4 fully saturated rings. The Labute approximate surface area is 272 Å². The van der Waals surface area contributed by atoms with Crippen LogP contribution < -0.4 is 15.5 Å². The van der Waals surface area contributed by atoms with Gasteiger partial charge in [-0.2, -0.15) is 0 Å². The number of ether oxygens (including phenoxy) is 1. The van der Waals surface area contributed by atoms with Crippen molar-refractivity contribution in [1.29, 1.82) is 0 Å². The largest absolute Gasteiger partial charge is 0.453 e.